The van der Waals surface area contributed by atoms with Crippen LogP contribution < -0.4 is 20.3 Å². The lowest BCUT2D eigenvalue weighted by Gasteiger charge is -2.38. The summed E-state index contributed by atoms with van der Waals surface area (Å²) >= 11 is 6.13. The Morgan fingerprint density at radius 2 is 1.77 bits per heavy atom. The molecule has 0 saturated heterocycles. The minimum Gasteiger partial charge on any atom is -0.495 e. The van der Waals surface area contributed by atoms with Gasteiger partial charge in [0.05, 0.1) is 31.1 Å². The van der Waals surface area contributed by atoms with E-state index < -0.39 is 30.1 Å². The molecule has 3 aromatic rings. The number of nitrogens with zero attached hydrogens (tertiary/aromatic N) is 1. The van der Waals surface area contributed by atoms with Crippen molar-refractivity contribution in [2.75, 3.05) is 25.6 Å². The first-order chi connectivity index (χ1) is 20.5. The second-order valence-corrected chi connectivity index (χ2v) is 10.7. The Balaban J connectivity index is 1.67. The fourth-order valence-electron chi connectivity index (χ4n) is 4.82. The molecule has 230 valence electrons. The molecule has 1 saturated carbocycles. The van der Waals surface area contributed by atoms with Gasteiger partial charge >= 0.3 is 12.6 Å². The summed E-state index contributed by atoms with van der Waals surface area (Å²) in [4.78, 5) is 39.1. The molecule has 1 atom stereocenters. The van der Waals surface area contributed by atoms with E-state index in [1.54, 1.807) is 19.1 Å². The fourth-order valence-corrected chi connectivity index (χ4v) is 4.99. The Morgan fingerprint density at radius 3 is 2.37 bits per heavy atom. The maximum Gasteiger partial charge on any atom is 0.387 e. The van der Waals surface area contributed by atoms with Gasteiger partial charge in [-0.05, 0) is 75.6 Å². The summed E-state index contributed by atoms with van der Waals surface area (Å²) in [6.07, 6.45) is 4.37. The minimum absolute atomic E-state index is 0.123. The molecule has 0 bridgehead atoms. The number of hydrogen-bond donors (Lipinski definition) is 1. The highest BCUT2D eigenvalue weighted by atomic mass is 35.5. The number of carbonyl (C=O) groups excluding carboxylic acids is 2. The van der Waals surface area contributed by atoms with E-state index in [9.17, 15) is 23.2 Å². The van der Waals surface area contributed by atoms with E-state index in [4.69, 9.17) is 25.8 Å². The third-order valence-corrected chi connectivity index (χ3v) is 7.50. The molecule has 2 aromatic carbocycles. The molecule has 0 aliphatic heterocycles. The number of rotatable bonds is 13. The van der Waals surface area contributed by atoms with Gasteiger partial charge in [0.15, 0.2) is 0 Å². The van der Waals surface area contributed by atoms with Crippen LogP contribution in [0.2, 0.25) is 5.02 Å². The summed E-state index contributed by atoms with van der Waals surface area (Å²) in [5.74, 6) is -1.06. The summed E-state index contributed by atoms with van der Waals surface area (Å²) in [5.41, 5.74) is 0.146. The van der Waals surface area contributed by atoms with Crippen LogP contribution >= 0.6 is 11.6 Å². The van der Waals surface area contributed by atoms with E-state index in [0.717, 1.165) is 19.3 Å². The van der Waals surface area contributed by atoms with Crippen LogP contribution in [-0.2, 0) is 14.3 Å². The molecule has 1 unspecified atom stereocenters. The molecular formula is C31H33ClF2N2O7. The van der Waals surface area contributed by atoms with Gasteiger partial charge in [-0.25, -0.2) is 4.79 Å². The maximum atomic E-state index is 13.6. The normalized spacial score (nSPS) is 14.5. The molecule has 1 N–H and O–H groups in total. The number of nitrogens with one attached hydrogen (secondary N) is 1. The van der Waals surface area contributed by atoms with Crippen molar-refractivity contribution in [3.8, 4) is 22.6 Å². The Morgan fingerprint density at radius 1 is 1.07 bits per heavy atom. The van der Waals surface area contributed by atoms with Crippen molar-refractivity contribution in [3.63, 3.8) is 0 Å². The number of methoxy groups -OCH3 is 1. The molecule has 0 spiro atoms. The van der Waals surface area contributed by atoms with Crippen molar-refractivity contribution >= 4 is 29.2 Å². The predicted molar refractivity (Wildman–Crippen MR) is 157 cm³/mol. The molecular weight excluding hydrogens is 586 g/mol. The zero-order valence-corrected chi connectivity index (χ0v) is 24.8. The summed E-state index contributed by atoms with van der Waals surface area (Å²) < 4.78 is 48.7. The van der Waals surface area contributed by atoms with Crippen LogP contribution in [0.15, 0.2) is 59.5 Å². The van der Waals surface area contributed by atoms with Crippen molar-refractivity contribution in [2.45, 2.75) is 57.8 Å². The van der Waals surface area contributed by atoms with Gasteiger partial charge in [0.2, 0.25) is 5.91 Å². The Bertz CT molecular complexity index is 1510. The first-order valence-electron chi connectivity index (χ1n) is 13.8. The van der Waals surface area contributed by atoms with Gasteiger partial charge in [-0.15, -0.1) is 0 Å². The van der Waals surface area contributed by atoms with Gasteiger partial charge in [-0.1, -0.05) is 11.6 Å². The predicted octanol–water partition coefficient (Wildman–Crippen LogP) is 6.48. The zero-order valence-electron chi connectivity index (χ0n) is 24.0. The van der Waals surface area contributed by atoms with Crippen LogP contribution in [0, 0.1) is 0 Å². The van der Waals surface area contributed by atoms with Gasteiger partial charge in [-0.2, -0.15) is 8.78 Å². The van der Waals surface area contributed by atoms with Crippen molar-refractivity contribution in [3.05, 3.63) is 75.7 Å². The third kappa shape index (κ3) is 7.91. The van der Waals surface area contributed by atoms with E-state index in [2.05, 4.69) is 10.1 Å². The second kappa shape index (κ2) is 14.0. The highest BCUT2D eigenvalue weighted by molar-refractivity contribution is 6.31. The number of alkyl halides is 2. The second-order valence-electron chi connectivity index (χ2n) is 10.3. The summed E-state index contributed by atoms with van der Waals surface area (Å²) in [6, 6.07) is 10.4. The van der Waals surface area contributed by atoms with Crippen molar-refractivity contribution in [2.24, 2.45) is 0 Å². The Labute approximate surface area is 252 Å². The van der Waals surface area contributed by atoms with Crippen molar-refractivity contribution in [1.29, 1.82) is 0 Å². The third-order valence-electron chi connectivity index (χ3n) is 7.27. The lowest BCUT2D eigenvalue weighted by molar-refractivity contribution is -0.122. The number of halogens is 3. The average molecular weight is 619 g/mol. The SMILES string of the molecule is CCOC(=O)c1ccc(NC(=O)C(CCOC2(C)CCC2)n2cc(OC)c(-c3cc(Cl)ccc3OC(F)F)cc2=O)cc1. The van der Waals surface area contributed by atoms with E-state index >= 15 is 0 Å². The van der Waals surface area contributed by atoms with Gasteiger partial charge in [0, 0.05) is 40.9 Å². The standard InChI is InChI=1S/C31H33ClF2N2O7/c1-4-41-29(39)19-6-9-21(10-7-19)35-28(38)24(12-15-42-31(2)13-5-14-31)36-18-26(40-3)23(17-27(36)37)22-16-20(32)8-11-25(22)43-30(33)34/h6-11,16-18,24,30H,4-5,12-15H2,1-3H3,(H,35,38). The highest BCUT2D eigenvalue weighted by Gasteiger charge is 2.33. The lowest BCUT2D eigenvalue weighted by Crippen LogP contribution is -2.38. The van der Waals surface area contributed by atoms with Crippen molar-refractivity contribution in [1.82, 2.24) is 4.57 Å². The van der Waals surface area contributed by atoms with Crippen LogP contribution in [0.3, 0.4) is 0 Å². The molecule has 1 aromatic heterocycles. The number of hydrogen-bond acceptors (Lipinski definition) is 7. The van der Waals surface area contributed by atoms with Crippen LogP contribution in [0.1, 0.15) is 55.9 Å². The molecule has 1 heterocycles. The number of aromatic nitrogens is 1. The lowest BCUT2D eigenvalue weighted by atomic mass is 9.82. The van der Waals surface area contributed by atoms with Crippen LogP contribution in [0.25, 0.3) is 11.1 Å². The van der Waals surface area contributed by atoms with E-state index in [1.165, 1.54) is 54.3 Å². The molecule has 1 amide bonds. The van der Waals surface area contributed by atoms with E-state index in [0.29, 0.717) is 11.3 Å². The van der Waals surface area contributed by atoms with Crippen LogP contribution in [-0.4, -0.2) is 49.0 Å². The van der Waals surface area contributed by atoms with Crippen molar-refractivity contribution < 1.29 is 37.3 Å². The zero-order chi connectivity index (χ0) is 31.1. The average Bonchev–Trinajstić information content (AvgIpc) is 2.95. The van der Waals surface area contributed by atoms with Crippen LogP contribution in [0.5, 0.6) is 11.5 Å². The molecule has 1 aliphatic carbocycles. The summed E-state index contributed by atoms with van der Waals surface area (Å²) in [6.45, 7) is 1.03. The first-order valence-corrected chi connectivity index (χ1v) is 14.2. The largest absolute Gasteiger partial charge is 0.495 e. The number of anilines is 1. The number of esters is 1. The number of amides is 1. The summed E-state index contributed by atoms with van der Waals surface area (Å²) in [7, 11) is 1.35. The molecule has 0 radical (unpaired) electrons. The van der Waals surface area contributed by atoms with Gasteiger partial charge in [0.1, 0.15) is 17.5 Å². The van der Waals surface area contributed by atoms with Gasteiger partial charge < -0.3 is 24.3 Å². The minimum atomic E-state index is -3.11. The monoisotopic (exact) mass is 618 g/mol. The molecule has 4 rings (SSSR count). The van der Waals surface area contributed by atoms with E-state index in [-0.39, 0.29) is 52.9 Å². The van der Waals surface area contributed by atoms with E-state index in [1.807, 2.05) is 6.92 Å². The maximum absolute atomic E-state index is 13.6. The smallest absolute Gasteiger partial charge is 0.387 e. The quantitative estimate of drug-likeness (QED) is 0.219. The fraction of sp³-hybridized carbons (Fsp3) is 0.387. The molecule has 1 fully saturated rings. The first kappa shape index (κ1) is 32.0. The summed E-state index contributed by atoms with van der Waals surface area (Å²) in [5, 5.41) is 3.03. The van der Waals surface area contributed by atoms with Gasteiger partial charge in [0.25, 0.3) is 5.56 Å². The number of ether oxygens (including phenoxy) is 4. The molecule has 9 nitrogen and oxygen atoms in total. The number of benzene rings is 2. The molecule has 43 heavy (non-hydrogen) atoms. The van der Waals surface area contributed by atoms with Gasteiger partial charge in [-0.3, -0.25) is 14.2 Å². The highest BCUT2D eigenvalue weighted by Crippen LogP contribution is 2.39. The molecule has 1 aliphatic rings. The number of carbonyl (C=O) groups is 2. The topological polar surface area (TPSA) is 105 Å². The Kier molecular flexibility index (Phi) is 10.4. The number of pyridine rings is 1. The molecule has 12 heteroatoms. The Hall–Kier alpha value is -3.96. The van der Waals surface area contributed by atoms with Crippen LogP contribution in [0.4, 0.5) is 14.5 Å².